The van der Waals surface area contributed by atoms with Crippen LogP contribution in [0.3, 0.4) is 0 Å². The highest BCUT2D eigenvalue weighted by Crippen LogP contribution is 2.49. The van der Waals surface area contributed by atoms with Crippen LogP contribution in [-0.2, 0) is 9.53 Å². The van der Waals surface area contributed by atoms with Gasteiger partial charge in [0.2, 0.25) is 0 Å². The van der Waals surface area contributed by atoms with Crippen molar-refractivity contribution >= 4 is 5.97 Å². The summed E-state index contributed by atoms with van der Waals surface area (Å²) in [6.45, 7) is 6.51. The fourth-order valence-corrected chi connectivity index (χ4v) is 1.98. The number of carboxylic acid groups (broad SMARTS) is 1. The Bertz CT molecular complexity index is 236. The second-order valence-electron chi connectivity index (χ2n) is 5.23. The Kier molecular flexibility index (Phi) is 4.74. The molecule has 4 heteroatoms. The summed E-state index contributed by atoms with van der Waals surface area (Å²) in [5.41, 5.74) is 0.0540. The van der Waals surface area contributed by atoms with Crippen LogP contribution in [0.1, 0.15) is 33.1 Å². The van der Waals surface area contributed by atoms with E-state index in [0.29, 0.717) is 6.42 Å². The summed E-state index contributed by atoms with van der Waals surface area (Å²) in [7, 11) is 2.03. The van der Waals surface area contributed by atoms with Crippen molar-refractivity contribution in [3.05, 3.63) is 0 Å². The lowest BCUT2D eigenvalue weighted by Crippen LogP contribution is -2.31. The Morgan fingerprint density at radius 2 is 2.12 bits per heavy atom. The van der Waals surface area contributed by atoms with Gasteiger partial charge in [-0.05, 0) is 39.2 Å². The van der Waals surface area contributed by atoms with Gasteiger partial charge in [-0.3, -0.25) is 4.79 Å². The molecule has 1 N–H and O–H groups in total. The van der Waals surface area contributed by atoms with E-state index in [0.717, 1.165) is 32.5 Å². The smallest absolute Gasteiger partial charge is 0.303 e. The molecule has 0 unspecified atom stereocenters. The van der Waals surface area contributed by atoms with Crippen molar-refractivity contribution in [1.82, 2.24) is 4.90 Å². The highest BCUT2D eigenvalue weighted by molar-refractivity contribution is 5.68. The quantitative estimate of drug-likeness (QED) is 0.687. The zero-order valence-corrected chi connectivity index (χ0v) is 10.5. The molecule has 94 valence electrons. The second-order valence-corrected chi connectivity index (χ2v) is 5.23. The molecule has 1 saturated carbocycles. The van der Waals surface area contributed by atoms with Crippen LogP contribution >= 0.6 is 0 Å². The number of likely N-dealkylation sites (N-methyl/N-ethyl adjacent to an activating group) is 1. The van der Waals surface area contributed by atoms with Crippen molar-refractivity contribution in [2.75, 3.05) is 26.7 Å². The van der Waals surface area contributed by atoms with Gasteiger partial charge in [-0.1, -0.05) is 0 Å². The Morgan fingerprint density at radius 1 is 1.50 bits per heavy atom. The lowest BCUT2D eigenvalue weighted by Gasteiger charge is -2.22. The monoisotopic (exact) mass is 229 g/mol. The molecular formula is C12H23NO3. The van der Waals surface area contributed by atoms with Crippen molar-refractivity contribution < 1.29 is 14.6 Å². The third-order valence-electron chi connectivity index (χ3n) is 3.01. The Balaban J connectivity index is 2.18. The van der Waals surface area contributed by atoms with Crippen molar-refractivity contribution in [1.29, 1.82) is 0 Å². The summed E-state index contributed by atoms with van der Waals surface area (Å²) in [5.74, 6) is -0.677. The first-order chi connectivity index (χ1) is 7.43. The van der Waals surface area contributed by atoms with E-state index in [4.69, 9.17) is 9.84 Å². The van der Waals surface area contributed by atoms with Gasteiger partial charge in [0.25, 0.3) is 0 Å². The van der Waals surface area contributed by atoms with Gasteiger partial charge in [-0.15, -0.1) is 0 Å². The largest absolute Gasteiger partial charge is 0.481 e. The molecule has 0 aromatic heterocycles. The molecule has 0 atom stereocenters. The Morgan fingerprint density at radius 3 is 2.56 bits per heavy atom. The van der Waals surface area contributed by atoms with Crippen molar-refractivity contribution in [3.8, 4) is 0 Å². The summed E-state index contributed by atoms with van der Waals surface area (Å²) in [4.78, 5) is 12.9. The van der Waals surface area contributed by atoms with Gasteiger partial charge in [0.05, 0.1) is 19.1 Å². The van der Waals surface area contributed by atoms with Crippen molar-refractivity contribution in [2.45, 2.75) is 39.2 Å². The number of hydrogen-bond donors (Lipinski definition) is 1. The predicted molar refractivity (Wildman–Crippen MR) is 62.5 cm³/mol. The van der Waals surface area contributed by atoms with Gasteiger partial charge in [-0.25, -0.2) is 0 Å². The first kappa shape index (κ1) is 13.5. The topological polar surface area (TPSA) is 49.8 Å². The average molecular weight is 229 g/mol. The third kappa shape index (κ3) is 4.94. The normalized spacial score (nSPS) is 18.1. The number of ether oxygens (including phenoxy) is 1. The summed E-state index contributed by atoms with van der Waals surface area (Å²) in [6.07, 6.45) is 2.67. The van der Waals surface area contributed by atoms with E-state index in [9.17, 15) is 4.79 Å². The van der Waals surface area contributed by atoms with E-state index in [1.54, 1.807) is 0 Å². The molecule has 1 fully saturated rings. The standard InChI is InChI=1S/C12H23NO3/c1-10(2)16-7-6-13(3)9-12(4-5-12)8-11(14)15/h10H,4-9H2,1-3H3,(H,14,15). The highest BCUT2D eigenvalue weighted by atomic mass is 16.5. The Hall–Kier alpha value is -0.610. The van der Waals surface area contributed by atoms with Gasteiger partial charge in [0.15, 0.2) is 0 Å². The summed E-state index contributed by atoms with van der Waals surface area (Å²) in [6, 6.07) is 0. The maximum Gasteiger partial charge on any atom is 0.303 e. The minimum atomic E-state index is -0.677. The Labute approximate surface area is 97.6 Å². The molecule has 0 aromatic rings. The molecule has 0 saturated heterocycles. The number of aliphatic carboxylic acids is 1. The van der Waals surface area contributed by atoms with E-state index in [2.05, 4.69) is 4.90 Å². The minimum Gasteiger partial charge on any atom is -0.481 e. The molecule has 0 heterocycles. The molecule has 0 aliphatic heterocycles. The number of carbonyl (C=O) groups is 1. The maximum absolute atomic E-state index is 10.7. The second kappa shape index (κ2) is 5.64. The molecule has 16 heavy (non-hydrogen) atoms. The first-order valence-electron chi connectivity index (χ1n) is 5.95. The predicted octanol–water partition coefficient (Wildman–Crippen LogP) is 1.60. The number of nitrogens with zero attached hydrogens (tertiary/aromatic N) is 1. The van der Waals surface area contributed by atoms with Crippen LogP contribution < -0.4 is 0 Å². The average Bonchev–Trinajstić information content (AvgIpc) is 2.82. The van der Waals surface area contributed by atoms with E-state index in [-0.39, 0.29) is 11.5 Å². The first-order valence-corrected chi connectivity index (χ1v) is 5.95. The lowest BCUT2D eigenvalue weighted by atomic mass is 10.0. The van der Waals surface area contributed by atoms with Crippen LogP contribution in [0.15, 0.2) is 0 Å². The summed E-state index contributed by atoms with van der Waals surface area (Å²) in [5, 5.41) is 8.81. The van der Waals surface area contributed by atoms with Gasteiger partial charge in [-0.2, -0.15) is 0 Å². The van der Waals surface area contributed by atoms with Gasteiger partial charge >= 0.3 is 5.97 Å². The fourth-order valence-electron chi connectivity index (χ4n) is 1.98. The van der Waals surface area contributed by atoms with Crippen LogP contribution in [0, 0.1) is 5.41 Å². The fraction of sp³-hybridized carbons (Fsp3) is 0.917. The van der Waals surface area contributed by atoms with E-state index in [1.165, 1.54) is 0 Å². The van der Waals surface area contributed by atoms with Crippen molar-refractivity contribution in [3.63, 3.8) is 0 Å². The van der Waals surface area contributed by atoms with Gasteiger partial charge in [0, 0.05) is 13.1 Å². The molecule has 0 spiro atoms. The van der Waals surface area contributed by atoms with Crippen molar-refractivity contribution in [2.24, 2.45) is 5.41 Å². The number of carboxylic acids is 1. The molecule has 0 amide bonds. The van der Waals surface area contributed by atoms with Gasteiger partial charge < -0.3 is 14.7 Å². The third-order valence-corrected chi connectivity index (χ3v) is 3.01. The van der Waals surface area contributed by atoms with E-state index < -0.39 is 5.97 Å². The van der Waals surface area contributed by atoms with Gasteiger partial charge in [0.1, 0.15) is 0 Å². The molecule has 0 aromatic carbocycles. The summed E-state index contributed by atoms with van der Waals surface area (Å²) >= 11 is 0. The number of rotatable bonds is 8. The molecule has 4 nitrogen and oxygen atoms in total. The number of hydrogen-bond acceptors (Lipinski definition) is 3. The SMILES string of the molecule is CC(C)OCCN(C)CC1(CC(=O)O)CC1. The van der Waals surface area contributed by atoms with Crippen LogP contribution in [0.4, 0.5) is 0 Å². The summed E-state index contributed by atoms with van der Waals surface area (Å²) < 4.78 is 5.47. The molecule has 0 bridgehead atoms. The molecular weight excluding hydrogens is 206 g/mol. The van der Waals surface area contributed by atoms with Crippen LogP contribution in [0.25, 0.3) is 0 Å². The highest BCUT2D eigenvalue weighted by Gasteiger charge is 2.44. The molecule has 1 rings (SSSR count). The molecule has 0 radical (unpaired) electrons. The van der Waals surface area contributed by atoms with E-state index >= 15 is 0 Å². The maximum atomic E-state index is 10.7. The van der Waals surface area contributed by atoms with Crippen LogP contribution in [-0.4, -0.2) is 48.8 Å². The van der Waals surface area contributed by atoms with Crippen LogP contribution in [0.2, 0.25) is 0 Å². The zero-order valence-electron chi connectivity index (χ0n) is 10.5. The van der Waals surface area contributed by atoms with E-state index in [1.807, 2.05) is 20.9 Å². The molecule has 1 aliphatic rings. The lowest BCUT2D eigenvalue weighted by molar-refractivity contribution is -0.138. The molecule has 1 aliphatic carbocycles. The zero-order chi connectivity index (χ0) is 12.2. The van der Waals surface area contributed by atoms with Crippen LogP contribution in [0.5, 0.6) is 0 Å². The minimum absolute atomic E-state index is 0.0540.